The second-order valence-corrected chi connectivity index (χ2v) is 9.69. The Balaban J connectivity index is 0.00000225. The summed E-state index contributed by atoms with van der Waals surface area (Å²) in [5.41, 5.74) is 4.08. The van der Waals surface area contributed by atoms with Crippen LogP contribution < -0.4 is 10.6 Å². The fraction of sp³-hybridized carbons (Fsp3) is 0.478. The molecule has 0 amide bonds. The number of hydrogen-bond donors (Lipinski definition) is 1. The normalized spacial score (nSPS) is 21.9. The summed E-state index contributed by atoms with van der Waals surface area (Å²) in [5, 5.41) is 2.64. The van der Waals surface area contributed by atoms with E-state index in [1.165, 1.54) is 28.0 Å². The molecule has 2 atom stereocenters. The Kier molecular flexibility index (Phi) is 7.32. The van der Waals surface area contributed by atoms with Crippen molar-refractivity contribution in [2.75, 3.05) is 13.2 Å². The first-order valence-electron chi connectivity index (χ1n) is 10.1. The third kappa shape index (κ3) is 4.68. The Morgan fingerprint density at radius 2 is 2.00 bits per heavy atom. The maximum Gasteiger partial charge on any atom is 0.125 e. The van der Waals surface area contributed by atoms with E-state index in [-0.39, 0.29) is 18.4 Å². The lowest BCUT2D eigenvalue weighted by Crippen LogP contribution is -2.44. The number of nitrogens with zero attached hydrogens (tertiary/aromatic N) is 1. The van der Waals surface area contributed by atoms with Crippen molar-refractivity contribution in [2.45, 2.75) is 55.7 Å². The third-order valence-electron chi connectivity index (χ3n) is 5.62. The summed E-state index contributed by atoms with van der Waals surface area (Å²) in [6.45, 7) is 6.29. The third-order valence-corrected chi connectivity index (χ3v) is 6.60. The largest absolute Gasteiger partial charge is 0.493 e. The first kappa shape index (κ1) is 21.5. The van der Waals surface area contributed by atoms with Crippen molar-refractivity contribution in [3.8, 4) is 5.75 Å². The van der Waals surface area contributed by atoms with Gasteiger partial charge in [0.05, 0.1) is 12.6 Å². The topological polar surface area (TPSA) is 38.5 Å². The summed E-state index contributed by atoms with van der Waals surface area (Å²) < 4.78 is 6.04. The first-order chi connectivity index (χ1) is 13.1. The molecular weight excluding hydrogens is 388 g/mol. The van der Waals surface area contributed by atoms with Crippen molar-refractivity contribution in [3.63, 3.8) is 0 Å². The minimum atomic E-state index is 0. The van der Waals surface area contributed by atoms with E-state index >= 15 is 0 Å². The van der Waals surface area contributed by atoms with E-state index in [4.69, 9.17) is 10.6 Å². The first-order valence-corrected chi connectivity index (χ1v) is 11.0. The van der Waals surface area contributed by atoms with Crippen molar-refractivity contribution in [2.24, 2.45) is 11.8 Å². The van der Waals surface area contributed by atoms with Crippen LogP contribution in [0.3, 0.4) is 0 Å². The summed E-state index contributed by atoms with van der Waals surface area (Å²) in [7, 11) is 0. The van der Waals surface area contributed by atoms with Crippen LogP contribution in [0.2, 0.25) is 0 Å². The van der Waals surface area contributed by atoms with Crippen molar-refractivity contribution < 1.29 is 4.74 Å². The fourth-order valence-corrected chi connectivity index (χ4v) is 5.53. The van der Waals surface area contributed by atoms with E-state index in [1.807, 2.05) is 11.8 Å². The highest BCUT2D eigenvalue weighted by atomic mass is 35.5. The van der Waals surface area contributed by atoms with Crippen LogP contribution in [0.25, 0.3) is 0 Å². The Labute approximate surface area is 179 Å². The van der Waals surface area contributed by atoms with Crippen LogP contribution >= 0.6 is 24.2 Å². The van der Waals surface area contributed by atoms with E-state index in [0.29, 0.717) is 11.2 Å². The van der Waals surface area contributed by atoms with Crippen LogP contribution in [-0.2, 0) is 12.8 Å². The molecule has 2 aliphatic heterocycles. The molecule has 5 heteroatoms. The standard InChI is InChI=1S/C23H30N2OS.ClH/c1-16(2)27-21-14-19-10-12-26-23(19)20(15-21)13-18-9-6-11-25(24)22(18)17-7-4-3-5-8-17;/h3-5,7-8,14-16,18,22H,6,9-13,24H2,1-2H3;1H/t18-,22+;/m0./s1. The van der Waals surface area contributed by atoms with E-state index in [1.54, 1.807) is 0 Å². The van der Waals surface area contributed by atoms with E-state index in [0.717, 1.165) is 38.2 Å². The molecule has 2 N–H and O–H groups in total. The molecule has 3 nitrogen and oxygen atoms in total. The molecule has 4 rings (SSSR count). The number of nitrogens with two attached hydrogens (primary N) is 1. The smallest absolute Gasteiger partial charge is 0.125 e. The summed E-state index contributed by atoms with van der Waals surface area (Å²) >= 11 is 1.95. The molecular formula is C23H31ClN2OS. The Bertz CT molecular complexity index is 784. The van der Waals surface area contributed by atoms with Gasteiger partial charge in [-0.05, 0) is 54.0 Å². The number of rotatable bonds is 5. The predicted octanol–water partition coefficient (Wildman–Crippen LogP) is 5.41. The zero-order valence-electron chi connectivity index (χ0n) is 16.8. The van der Waals surface area contributed by atoms with Gasteiger partial charge in [0.15, 0.2) is 0 Å². The molecule has 2 aromatic rings. The summed E-state index contributed by atoms with van der Waals surface area (Å²) in [4.78, 5) is 1.38. The zero-order chi connectivity index (χ0) is 18.8. The molecule has 2 heterocycles. The van der Waals surface area contributed by atoms with Crippen LogP contribution in [0.1, 0.15) is 49.4 Å². The minimum Gasteiger partial charge on any atom is -0.493 e. The molecule has 0 radical (unpaired) electrons. The van der Waals surface area contributed by atoms with Crippen molar-refractivity contribution in [1.29, 1.82) is 0 Å². The van der Waals surface area contributed by atoms with E-state index in [9.17, 15) is 0 Å². The van der Waals surface area contributed by atoms with E-state index < -0.39 is 0 Å². The lowest BCUT2D eigenvalue weighted by atomic mass is 9.81. The number of thioether (sulfide) groups is 1. The molecule has 0 aromatic heterocycles. The van der Waals surface area contributed by atoms with Gasteiger partial charge in [-0.15, -0.1) is 24.2 Å². The molecule has 2 aromatic carbocycles. The van der Waals surface area contributed by atoms with Gasteiger partial charge < -0.3 is 4.74 Å². The highest BCUT2D eigenvalue weighted by Crippen LogP contribution is 2.41. The Morgan fingerprint density at radius 3 is 2.75 bits per heavy atom. The average molecular weight is 419 g/mol. The number of ether oxygens (including phenoxy) is 1. The van der Waals surface area contributed by atoms with Gasteiger partial charge in [-0.25, -0.2) is 5.01 Å². The number of halogens is 1. The van der Waals surface area contributed by atoms with E-state index in [2.05, 4.69) is 61.3 Å². The van der Waals surface area contributed by atoms with Gasteiger partial charge in [-0.3, -0.25) is 5.84 Å². The molecule has 0 spiro atoms. The lowest BCUT2D eigenvalue weighted by molar-refractivity contribution is 0.0922. The minimum absolute atomic E-state index is 0. The molecule has 152 valence electrons. The monoisotopic (exact) mass is 418 g/mol. The summed E-state index contributed by atoms with van der Waals surface area (Å²) in [6, 6.07) is 15.7. The Hall–Kier alpha value is -1.20. The number of hydrogen-bond acceptors (Lipinski definition) is 4. The highest BCUT2D eigenvalue weighted by molar-refractivity contribution is 7.99. The van der Waals surface area contributed by atoms with Gasteiger partial charge in [0, 0.05) is 23.1 Å². The molecule has 1 saturated heterocycles. The number of piperidine rings is 1. The van der Waals surface area contributed by atoms with Crippen LogP contribution in [0.4, 0.5) is 0 Å². The van der Waals surface area contributed by atoms with Gasteiger partial charge in [0.2, 0.25) is 0 Å². The molecule has 0 unspecified atom stereocenters. The maximum atomic E-state index is 6.46. The van der Waals surface area contributed by atoms with Crippen molar-refractivity contribution >= 4 is 24.2 Å². The van der Waals surface area contributed by atoms with Gasteiger partial charge >= 0.3 is 0 Å². The second-order valence-electron chi connectivity index (χ2n) is 8.04. The van der Waals surface area contributed by atoms with Crippen molar-refractivity contribution in [3.05, 3.63) is 59.2 Å². The quantitative estimate of drug-likeness (QED) is 0.520. The number of fused-ring (bicyclic) bond motifs is 1. The van der Waals surface area contributed by atoms with Crippen molar-refractivity contribution in [1.82, 2.24) is 5.01 Å². The summed E-state index contributed by atoms with van der Waals surface area (Å²) in [5.74, 6) is 8.12. The van der Waals surface area contributed by atoms with Crippen LogP contribution in [0.15, 0.2) is 47.4 Å². The van der Waals surface area contributed by atoms with Crippen LogP contribution in [0, 0.1) is 5.92 Å². The van der Waals surface area contributed by atoms with Gasteiger partial charge in [-0.2, -0.15) is 0 Å². The van der Waals surface area contributed by atoms with Crippen LogP contribution in [-0.4, -0.2) is 23.4 Å². The molecule has 2 aliphatic rings. The van der Waals surface area contributed by atoms with Crippen LogP contribution in [0.5, 0.6) is 5.75 Å². The number of benzene rings is 2. The predicted molar refractivity (Wildman–Crippen MR) is 120 cm³/mol. The maximum absolute atomic E-state index is 6.46. The zero-order valence-corrected chi connectivity index (χ0v) is 18.4. The fourth-order valence-electron chi connectivity index (χ4n) is 4.56. The highest BCUT2D eigenvalue weighted by Gasteiger charge is 2.32. The molecule has 0 saturated carbocycles. The van der Waals surface area contributed by atoms with Gasteiger partial charge in [0.25, 0.3) is 0 Å². The lowest BCUT2D eigenvalue weighted by Gasteiger charge is -2.39. The van der Waals surface area contributed by atoms with Gasteiger partial charge in [0.1, 0.15) is 5.75 Å². The number of hydrazine groups is 1. The average Bonchev–Trinajstić information content (AvgIpc) is 3.11. The second kappa shape index (κ2) is 9.53. The summed E-state index contributed by atoms with van der Waals surface area (Å²) in [6.07, 6.45) is 4.43. The SMILES string of the molecule is CC(C)Sc1cc2c(c(C[C@@H]3CCCN(N)[C@@H]3c3ccccc3)c1)OCC2.Cl. The molecule has 0 aliphatic carbocycles. The molecule has 0 bridgehead atoms. The van der Waals surface area contributed by atoms with Gasteiger partial charge in [-0.1, -0.05) is 44.2 Å². The molecule has 1 fully saturated rings. The molecule has 28 heavy (non-hydrogen) atoms. The Morgan fingerprint density at radius 1 is 1.21 bits per heavy atom.